The summed E-state index contributed by atoms with van der Waals surface area (Å²) in [6.45, 7) is 65.3. The van der Waals surface area contributed by atoms with E-state index in [1.807, 2.05) is 68.4 Å². The molecule has 0 nitrogen and oxygen atoms in total. The Morgan fingerprint density at radius 1 is 0.217 bits per heavy atom. The van der Waals surface area contributed by atoms with Gasteiger partial charge in [-0.05, 0) is 209 Å². The number of benzene rings is 5. The second-order valence-corrected chi connectivity index (χ2v) is 28.6. The molecule has 5 rings (SSSR count). The summed E-state index contributed by atoms with van der Waals surface area (Å²) in [4.78, 5) is 0. The van der Waals surface area contributed by atoms with Gasteiger partial charge in [-0.3, -0.25) is 0 Å². The molecule has 0 bridgehead atoms. The highest BCUT2D eigenvalue weighted by Crippen LogP contribution is 2.42. The Kier molecular flexibility index (Phi) is 31.7. The Morgan fingerprint density at radius 2 is 0.446 bits per heavy atom. The van der Waals surface area contributed by atoms with Crippen LogP contribution < -0.4 is 0 Å². The molecule has 5 aromatic carbocycles. The van der Waals surface area contributed by atoms with E-state index in [-0.39, 0.29) is 58.9 Å². The lowest BCUT2D eigenvalue weighted by Gasteiger charge is -2.25. The Balaban J connectivity index is 0.000000519. The molecule has 0 radical (unpaired) electrons. The summed E-state index contributed by atoms with van der Waals surface area (Å²) < 4.78 is 70.0. The molecule has 0 atom stereocenters. The Morgan fingerprint density at radius 3 is 0.747 bits per heavy atom. The number of aryl methyl sites for hydroxylation is 1. The first-order chi connectivity index (χ1) is 38.0. The molecule has 83 heavy (non-hydrogen) atoms. The van der Waals surface area contributed by atoms with Gasteiger partial charge in [-0.15, -0.1) is 0 Å². The van der Waals surface area contributed by atoms with Crippen LogP contribution in [0.25, 0.3) is 0 Å². The van der Waals surface area contributed by atoms with Crippen molar-refractivity contribution in [1.82, 2.24) is 0 Å². The summed E-state index contributed by atoms with van der Waals surface area (Å²) in [6.07, 6.45) is 0. The number of rotatable bonds is 15. The predicted octanol–water partition coefficient (Wildman–Crippen LogP) is 27.6. The lowest BCUT2D eigenvalue weighted by atomic mass is 9.81. The predicted molar refractivity (Wildman–Crippen MR) is 358 cm³/mol. The van der Waals surface area contributed by atoms with Crippen LogP contribution >= 0.6 is 23.2 Å². The Labute approximate surface area is 516 Å². The van der Waals surface area contributed by atoms with Crippen molar-refractivity contribution in [3.63, 3.8) is 0 Å². The van der Waals surface area contributed by atoms with Crippen molar-refractivity contribution in [2.75, 3.05) is 0 Å². The first-order valence-corrected chi connectivity index (χ1v) is 32.3. The molecule has 0 spiro atoms. The molecule has 0 aromatic heterocycles. The molecule has 7 heteroatoms. The van der Waals surface area contributed by atoms with E-state index in [4.69, 9.17) is 23.2 Å². The van der Waals surface area contributed by atoms with E-state index in [9.17, 15) is 22.0 Å². The number of halogens is 7. The fourth-order valence-electron chi connectivity index (χ4n) is 12.5. The zero-order chi connectivity index (χ0) is 64.9. The van der Waals surface area contributed by atoms with Gasteiger partial charge in [0.15, 0.2) is 0 Å². The van der Waals surface area contributed by atoms with Gasteiger partial charge in [-0.25, -0.2) is 22.0 Å². The molecule has 468 valence electrons. The Bertz CT molecular complexity index is 2470. The van der Waals surface area contributed by atoms with Crippen molar-refractivity contribution >= 4 is 23.2 Å². The van der Waals surface area contributed by atoms with E-state index in [0.717, 1.165) is 50.0 Å². The zero-order valence-electron chi connectivity index (χ0n) is 57.8. The van der Waals surface area contributed by atoms with Crippen molar-refractivity contribution in [1.29, 1.82) is 0 Å². The minimum Gasteiger partial charge on any atom is -0.207 e. The van der Waals surface area contributed by atoms with Gasteiger partial charge in [0.1, 0.15) is 29.1 Å². The highest BCUT2D eigenvalue weighted by Gasteiger charge is 2.27. The average Bonchev–Trinajstić information content (AvgIpc) is 3.52. The van der Waals surface area contributed by atoms with Crippen LogP contribution in [0.3, 0.4) is 0 Å². The third-order valence-corrected chi connectivity index (χ3v) is 16.2. The van der Waals surface area contributed by atoms with Crippen LogP contribution in [-0.4, -0.2) is 0 Å². The first-order valence-electron chi connectivity index (χ1n) is 31.5. The van der Waals surface area contributed by atoms with Crippen LogP contribution in [0.1, 0.15) is 385 Å². The number of hydrogen-bond acceptors (Lipinski definition) is 0. The van der Waals surface area contributed by atoms with Crippen molar-refractivity contribution in [2.24, 2.45) is 0 Å². The van der Waals surface area contributed by atoms with Crippen LogP contribution in [0.5, 0.6) is 0 Å². The molecule has 0 fully saturated rings. The molecule has 5 aromatic rings. The quantitative estimate of drug-likeness (QED) is 0.0917. The highest BCUT2D eigenvalue weighted by molar-refractivity contribution is 6.32. The number of hydrogen-bond donors (Lipinski definition) is 0. The standard InChI is InChI=1S/C16H25F.C15H22ClF.C15H23Cl.C15H22F2.C15H23F/c1-9(2)14-12(7)8-13(17)15(10(3)4)16(14)11(5)6;1-8(2)13-11(16)7-12(17)14(9(3)4)15(13)10(5)6;1-9(2)12-7-8-13(16)15(11(5)6)14(12)10(3)4;1-8(2)13-11(16)7-12(17)14(9(3)4)15(13)10(5)6;1-9(2)12-7-8-13(16)15(11(5)6)14(12)10(3)4/h8-11H,1-7H3;7-10H,1-6H3;7-11H,1-6H3;7-10H,1-6H3;7-11H,1-6H3. The maximum absolute atomic E-state index is 14.2. The molecule has 0 unspecified atom stereocenters. The van der Waals surface area contributed by atoms with E-state index < -0.39 is 11.6 Å². The smallest absolute Gasteiger partial charge is 0.129 e. The molecular weight excluding hydrogens is 1080 g/mol. The van der Waals surface area contributed by atoms with Crippen LogP contribution in [0.15, 0.2) is 42.5 Å². The molecule has 0 saturated heterocycles. The fourth-order valence-corrected chi connectivity index (χ4v) is 13.3. The van der Waals surface area contributed by atoms with Gasteiger partial charge in [0.05, 0.1) is 0 Å². The minimum atomic E-state index is -0.411. The van der Waals surface area contributed by atoms with Crippen LogP contribution in [-0.2, 0) is 0 Å². The maximum atomic E-state index is 14.2. The van der Waals surface area contributed by atoms with E-state index in [2.05, 4.69) is 164 Å². The monoisotopic (exact) mass is 1190 g/mol. The molecule has 0 aliphatic rings. The summed E-state index contributed by atoms with van der Waals surface area (Å²) in [5.74, 6) is 3.73. The van der Waals surface area contributed by atoms with Crippen molar-refractivity contribution < 1.29 is 22.0 Å². The third kappa shape index (κ3) is 20.2. The van der Waals surface area contributed by atoms with E-state index >= 15 is 0 Å². The maximum Gasteiger partial charge on any atom is 0.129 e. The third-order valence-electron chi connectivity index (χ3n) is 15.6. The normalized spacial score (nSPS) is 11.9. The van der Waals surface area contributed by atoms with Crippen molar-refractivity contribution in [3.8, 4) is 0 Å². The minimum absolute atomic E-state index is 0.0365. The summed E-state index contributed by atoms with van der Waals surface area (Å²) in [7, 11) is 0. The summed E-state index contributed by atoms with van der Waals surface area (Å²) >= 11 is 12.6. The second-order valence-electron chi connectivity index (χ2n) is 27.8. The summed E-state index contributed by atoms with van der Waals surface area (Å²) in [5.41, 5.74) is 17.4. The fraction of sp³-hybridized carbons (Fsp3) is 0.605. The second kappa shape index (κ2) is 34.0. The summed E-state index contributed by atoms with van der Waals surface area (Å²) in [6, 6.07) is 12.0. The van der Waals surface area contributed by atoms with Gasteiger partial charge in [0.2, 0.25) is 0 Å². The summed E-state index contributed by atoms with van der Waals surface area (Å²) in [5, 5.41) is 1.48. The molecule has 0 heterocycles. The van der Waals surface area contributed by atoms with Gasteiger partial charge in [0, 0.05) is 16.1 Å². The average molecular weight is 1190 g/mol. The van der Waals surface area contributed by atoms with Gasteiger partial charge in [0.25, 0.3) is 0 Å². The van der Waals surface area contributed by atoms with Gasteiger partial charge in [-0.1, -0.05) is 243 Å². The molecule has 0 amide bonds. The topological polar surface area (TPSA) is 0 Å². The highest BCUT2D eigenvalue weighted by atomic mass is 35.5. The molecule has 0 saturated carbocycles. The van der Waals surface area contributed by atoms with Crippen LogP contribution in [0.4, 0.5) is 22.0 Å². The largest absolute Gasteiger partial charge is 0.207 e. The SMILES string of the molecule is CC(C)c1c(F)cc(Cl)c(C(C)C)c1C(C)C.CC(C)c1c(F)cc(F)c(C(C)C)c1C(C)C.CC(C)c1ccc(Cl)c(C(C)C)c1C(C)C.CC(C)c1ccc(F)c(C(C)C)c1C(C)C.Cc1cc(F)c(C(C)C)c(C(C)C)c1C(C)C. The molecular formula is C76H115Cl2F5. The van der Waals surface area contributed by atoms with Gasteiger partial charge in [-0.2, -0.15) is 0 Å². The zero-order valence-corrected chi connectivity index (χ0v) is 59.4. The lowest BCUT2D eigenvalue weighted by molar-refractivity contribution is 0.537. The first kappa shape index (κ1) is 77.3. The van der Waals surface area contributed by atoms with E-state index in [0.29, 0.717) is 63.5 Å². The molecule has 0 N–H and O–H groups in total. The Hall–Kier alpha value is -3.67. The lowest BCUT2D eigenvalue weighted by Crippen LogP contribution is -2.10. The molecule has 0 aliphatic carbocycles. The van der Waals surface area contributed by atoms with E-state index in [1.165, 1.54) is 45.0 Å². The van der Waals surface area contributed by atoms with Gasteiger partial charge < -0.3 is 0 Å². The van der Waals surface area contributed by atoms with E-state index in [1.54, 1.807) is 12.1 Å². The van der Waals surface area contributed by atoms with Gasteiger partial charge >= 0.3 is 0 Å². The van der Waals surface area contributed by atoms with Crippen molar-refractivity contribution in [2.45, 2.75) is 303 Å². The molecule has 0 aliphatic heterocycles. The van der Waals surface area contributed by atoms with Crippen LogP contribution in [0, 0.1) is 36.0 Å². The van der Waals surface area contributed by atoms with Crippen LogP contribution in [0.2, 0.25) is 10.0 Å². The van der Waals surface area contributed by atoms with Crippen molar-refractivity contribution in [3.05, 3.63) is 171 Å².